The van der Waals surface area contributed by atoms with E-state index in [-0.39, 0.29) is 0 Å². The zero-order valence-electron chi connectivity index (χ0n) is 10.7. The van der Waals surface area contributed by atoms with E-state index in [1.54, 1.807) is 12.4 Å². The van der Waals surface area contributed by atoms with Gasteiger partial charge in [0.2, 0.25) is 0 Å². The highest BCUT2D eigenvalue weighted by atomic mass is 15.3. The van der Waals surface area contributed by atoms with Crippen molar-refractivity contribution in [2.75, 3.05) is 0 Å². The van der Waals surface area contributed by atoms with Gasteiger partial charge in [-0.05, 0) is 29.7 Å². The lowest BCUT2D eigenvalue weighted by atomic mass is 10.1. The summed E-state index contributed by atoms with van der Waals surface area (Å²) >= 11 is 0. The van der Waals surface area contributed by atoms with Crippen molar-refractivity contribution in [3.63, 3.8) is 0 Å². The van der Waals surface area contributed by atoms with Crippen LogP contribution in [-0.4, -0.2) is 19.6 Å². The van der Waals surface area contributed by atoms with E-state index in [1.165, 1.54) is 5.39 Å². The monoisotopic (exact) mass is 260 g/mol. The van der Waals surface area contributed by atoms with E-state index in [2.05, 4.69) is 34.5 Å². The molecule has 0 N–H and O–H groups in total. The molecule has 2 heterocycles. The van der Waals surface area contributed by atoms with Crippen LogP contribution in [0.4, 0.5) is 0 Å². The zero-order valence-corrected chi connectivity index (χ0v) is 10.7. The predicted octanol–water partition coefficient (Wildman–Crippen LogP) is 3.21. The summed E-state index contributed by atoms with van der Waals surface area (Å²) in [5, 5.41) is 11.0. The number of nitrogens with zero attached hydrogens (tertiary/aromatic N) is 4. The van der Waals surface area contributed by atoms with Crippen LogP contribution in [0.2, 0.25) is 0 Å². The molecule has 0 fully saturated rings. The third kappa shape index (κ3) is 1.62. The molecule has 0 saturated carbocycles. The molecule has 4 rings (SSSR count). The summed E-state index contributed by atoms with van der Waals surface area (Å²) in [4.78, 5) is 0. The molecule has 20 heavy (non-hydrogen) atoms. The molecule has 0 bridgehead atoms. The van der Waals surface area contributed by atoms with E-state index in [4.69, 9.17) is 0 Å². The van der Waals surface area contributed by atoms with Gasteiger partial charge in [0.1, 0.15) is 0 Å². The smallest absolute Gasteiger partial charge is 0.0745 e. The Morgan fingerprint density at radius 1 is 0.650 bits per heavy atom. The van der Waals surface area contributed by atoms with Gasteiger partial charge in [-0.2, -0.15) is 10.2 Å². The first kappa shape index (κ1) is 11.0. The zero-order chi connectivity index (χ0) is 13.4. The van der Waals surface area contributed by atoms with Gasteiger partial charge >= 0.3 is 0 Å². The van der Waals surface area contributed by atoms with Crippen LogP contribution in [0.25, 0.3) is 22.1 Å². The molecular weight excluding hydrogens is 248 g/mol. The van der Waals surface area contributed by atoms with Gasteiger partial charge in [0.05, 0.1) is 11.4 Å². The van der Waals surface area contributed by atoms with Crippen molar-refractivity contribution in [1.29, 1.82) is 0 Å². The molecule has 0 aliphatic heterocycles. The van der Waals surface area contributed by atoms with E-state index >= 15 is 0 Å². The van der Waals surface area contributed by atoms with E-state index in [0.29, 0.717) is 0 Å². The highest BCUT2D eigenvalue weighted by molar-refractivity contribution is 5.96. The molecule has 2 aromatic heterocycles. The van der Waals surface area contributed by atoms with E-state index in [1.807, 2.05) is 46.0 Å². The summed E-state index contributed by atoms with van der Waals surface area (Å²) in [6.07, 6.45) is 7.48. The fourth-order valence-electron chi connectivity index (χ4n) is 2.51. The second-order valence-electron chi connectivity index (χ2n) is 4.55. The molecule has 0 amide bonds. The normalized spacial score (nSPS) is 11.0. The molecular formula is C16H12N4. The standard InChI is InChI=1S/C16H12N4/c1-5-13-6-2-8-15(20-12-4-10-18-20)16(13)14(7-1)19-11-3-9-17-19/h1-12H. The molecule has 2 aromatic carbocycles. The summed E-state index contributed by atoms with van der Waals surface area (Å²) in [7, 11) is 0. The maximum Gasteiger partial charge on any atom is 0.0745 e. The molecule has 0 atom stereocenters. The minimum absolute atomic E-state index is 1.05. The minimum Gasteiger partial charge on any atom is -0.240 e. The topological polar surface area (TPSA) is 35.6 Å². The highest BCUT2D eigenvalue weighted by Gasteiger charge is 2.09. The maximum atomic E-state index is 4.35. The molecule has 4 nitrogen and oxygen atoms in total. The summed E-state index contributed by atoms with van der Waals surface area (Å²) < 4.78 is 3.77. The number of benzene rings is 2. The second kappa shape index (κ2) is 4.35. The SMILES string of the molecule is c1cc(-n2cccn2)c2c(-n3cccn3)cccc2c1. The van der Waals surface area contributed by atoms with E-state index < -0.39 is 0 Å². The fraction of sp³-hybridized carbons (Fsp3) is 0. The van der Waals surface area contributed by atoms with Gasteiger partial charge in [-0.15, -0.1) is 0 Å². The number of hydrogen-bond acceptors (Lipinski definition) is 2. The Labute approximate surface area is 115 Å². The van der Waals surface area contributed by atoms with Crippen molar-refractivity contribution < 1.29 is 0 Å². The van der Waals surface area contributed by atoms with Crippen molar-refractivity contribution in [3.05, 3.63) is 73.3 Å². The van der Waals surface area contributed by atoms with Gasteiger partial charge in [0, 0.05) is 30.2 Å². The summed E-state index contributed by atoms with van der Waals surface area (Å²) in [5.41, 5.74) is 2.11. The number of aromatic nitrogens is 4. The average Bonchev–Trinajstić information content (AvgIpc) is 3.19. The van der Waals surface area contributed by atoms with Gasteiger partial charge < -0.3 is 0 Å². The summed E-state index contributed by atoms with van der Waals surface area (Å²) in [6, 6.07) is 16.3. The first-order valence-electron chi connectivity index (χ1n) is 6.45. The number of hydrogen-bond donors (Lipinski definition) is 0. The fourth-order valence-corrected chi connectivity index (χ4v) is 2.51. The van der Waals surface area contributed by atoms with Gasteiger partial charge in [0.25, 0.3) is 0 Å². The van der Waals surface area contributed by atoms with Crippen LogP contribution in [0, 0.1) is 0 Å². The van der Waals surface area contributed by atoms with E-state index in [0.717, 1.165) is 16.8 Å². The predicted molar refractivity (Wildman–Crippen MR) is 78.2 cm³/mol. The van der Waals surface area contributed by atoms with Crippen molar-refractivity contribution in [2.24, 2.45) is 0 Å². The summed E-state index contributed by atoms with van der Waals surface area (Å²) in [6.45, 7) is 0. The molecule has 0 unspecified atom stereocenters. The van der Waals surface area contributed by atoms with Crippen LogP contribution in [-0.2, 0) is 0 Å². The van der Waals surface area contributed by atoms with Crippen molar-refractivity contribution >= 4 is 10.8 Å². The molecule has 0 radical (unpaired) electrons. The first-order chi connectivity index (χ1) is 9.93. The molecule has 4 heteroatoms. The molecule has 96 valence electrons. The van der Waals surface area contributed by atoms with Crippen LogP contribution in [0.3, 0.4) is 0 Å². The van der Waals surface area contributed by atoms with Crippen LogP contribution in [0.5, 0.6) is 0 Å². The van der Waals surface area contributed by atoms with E-state index in [9.17, 15) is 0 Å². The van der Waals surface area contributed by atoms with Crippen LogP contribution >= 0.6 is 0 Å². The Bertz CT molecular complexity index is 776. The molecule has 0 aliphatic carbocycles. The van der Waals surface area contributed by atoms with Crippen LogP contribution < -0.4 is 0 Å². The van der Waals surface area contributed by atoms with Crippen LogP contribution in [0.1, 0.15) is 0 Å². The first-order valence-corrected chi connectivity index (χ1v) is 6.45. The Morgan fingerprint density at radius 3 is 1.65 bits per heavy atom. The van der Waals surface area contributed by atoms with Crippen LogP contribution in [0.15, 0.2) is 73.3 Å². The van der Waals surface area contributed by atoms with Gasteiger partial charge in [-0.25, -0.2) is 9.36 Å². The molecule has 0 spiro atoms. The highest BCUT2D eigenvalue weighted by Crippen LogP contribution is 2.27. The van der Waals surface area contributed by atoms with Gasteiger partial charge in [-0.3, -0.25) is 0 Å². The molecule has 4 aromatic rings. The van der Waals surface area contributed by atoms with Crippen molar-refractivity contribution in [3.8, 4) is 11.4 Å². The van der Waals surface area contributed by atoms with Crippen molar-refractivity contribution in [2.45, 2.75) is 0 Å². The van der Waals surface area contributed by atoms with Gasteiger partial charge in [-0.1, -0.05) is 24.3 Å². The Morgan fingerprint density at radius 2 is 1.20 bits per heavy atom. The Hall–Kier alpha value is -2.88. The van der Waals surface area contributed by atoms with Crippen molar-refractivity contribution in [1.82, 2.24) is 19.6 Å². The van der Waals surface area contributed by atoms with Gasteiger partial charge in [0.15, 0.2) is 0 Å². The number of fused-ring (bicyclic) bond motifs is 1. The maximum absolute atomic E-state index is 4.35. The lowest BCUT2D eigenvalue weighted by Crippen LogP contribution is -2.01. The third-order valence-electron chi connectivity index (χ3n) is 3.36. The lowest BCUT2D eigenvalue weighted by Gasteiger charge is -2.11. The summed E-state index contributed by atoms with van der Waals surface area (Å²) in [5.74, 6) is 0. The average molecular weight is 260 g/mol. The second-order valence-corrected chi connectivity index (χ2v) is 4.55. The Balaban J connectivity index is 2.11. The number of rotatable bonds is 2. The largest absolute Gasteiger partial charge is 0.240 e. The quantitative estimate of drug-likeness (QED) is 0.555. The Kier molecular flexibility index (Phi) is 2.39. The third-order valence-corrected chi connectivity index (χ3v) is 3.36. The molecule has 0 saturated heterocycles. The lowest BCUT2D eigenvalue weighted by molar-refractivity contribution is 0.871. The molecule has 0 aliphatic rings. The minimum atomic E-state index is 1.05.